The number of carbonyl (C=O) groups excluding carboxylic acids is 1. The molecule has 112 valence electrons. The van der Waals surface area contributed by atoms with Gasteiger partial charge in [0.25, 0.3) is 0 Å². The molecule has 6 nitrogen and oxygen atoms in total. The van der Waals surface area contributed by atoms with E-state index in [1.807, 2.05) is 43.5 Å². The number of nitrogens with one attached hydrogen (secondary N) is 2. The lowest BCUT2D eigenvalue weighted by Gasteiger charge is -2.12. The largest absolute Gasteiger partial charge is 0.396 e. The molecule has 2 aromatic rings. The Balaban J connectivity index is 1.87. The molecule has 1 heterocycles. The predicted molar refractivity (Wildman–Crippen MR) is 81.1 cm³/mol. The molecule has 0 aliphatic rings. The van der Waals surface area contributed by atoms with Crippen LogP contribution >= 0.6 is 0 Å². The van der Waals surface area contributed by atoms with E-state index in [9.17, 15) is 4.79 Å². The molecular weight excluding hydrogens is 268 g/mol. The maximum absolute atomic E-state index is 11.7. The maximum atomic E-state index is 11.7. The third-order valence-electron chi connectivity index (χ3n) is 3.01. The number of aromatic nitrogens is 2. The molecule has 0 saturated carbocycles. The van der Waals surface area contributed by atoms with E-state index in [1.54, 1.807) is 10.7 Å². The van der Waals surface area contributed by atoms with Gasteiger partial charge in [0, 0.05) is 24.9 Å². The second kappa shape index (κ2) is 7.44. The molecule has 0 bridgehead atoms. The summed E-state index contributed by atoms with van der Waals surface area (Å²) in [7, 11) is 0. The highest BCUT2D eigenvalue weighted by molar-refractivity contribution is 5.88. The number of aliphatic hydroxyl groups excluding tert-OH is 1. The van der Waals surface area contributed by atoms with Crippen LogP contribution in [0.4, 0.5) is 10.6 Å². The summed E-state index contributed by atoms with van der Waals surface area (Å²) in [6, 6.07) is 11.3. The van der Waals surface area contributed by atoms with Crippen molar-refractivity contribution in [3.05, 3.63) is 48.2 Å². The molecule has 0 unspecified atom stereocenters. The molecule has 0 spiro atoms. The van der Waals surface area contributed by atoms with Crippen LogP contribution in [-0.4, -0.2) is 33.6 Å². The zero-order valence-corrected chi connectivity index (χ0v) is 12.0. The summed E-state index contributed by atoms with van der Waals surface area (Å²) in [5.74, 6) is 0.500. The molecule has 2 rings (SSSR count). The molecule has 6 heteroatoms. The van der Waals surface area contributed by atoms with Gasteiger partial charge < -0.3 is 10.4 Å². The molecule has 21 heavy (non-hydrogen) atoms. The summed E-state index contributed by atoms with van der Waals surface area (Å²) in [6.07, 6.45) is 2.34. The zero-order valence-electron chi connectivity index (χ0n) is 12.0. The van der Waals surface area contributed by atoms with Gasteiger partial charge in [-0.05, 0) is 18.9 Å². The Kier molecular flexibility index (Phi) is 5.34. The molecule has 0 aliphatic carbocycles. The van der Waals surface area contributed by atoms with Crippen molar-refractivity contribution in [2.45, 2.75) is 25.9 Å². The molecule has 0 radical (unpaired) electrons. The van der Waals surface area contributed by atoms with E-state index in [0.29, 0.717) is 18.8 Å². The number of amides is 2. The summed E-state index contributed by atoms with van der Waals surface area (Å²) < 4.78 is 1.77. The monoisotopic (exact) mass is 288 g/mol. The van der Waals surface area contributed by atoms with E-state index in [1.165, 1.54) is 0 Å². The highest BCUT2D eigenvalue weighted by Gasteiger charge is 2.08. The average Bonchev–Trinajstić information content (AvgIpc) is 2.87. The van der Waals surface area contributed by atoms with Crippen LogP contribution in [0.2, 0.25) is 0 Å². The van der Waals surface area contributed by atoms with Crippen LogP contribution in [0.1, 0.15) is 18.9 Å². The van der Waals surface area contributed by atoms with Crippen molar-refractivity contribution in [2.75, 3.05) is 11.9 Å². The standard InChI is InChI=1S/C15H20N4O2/c1-12(8-10-20)16-15(21)17-14-7-9-19(18-14)11-13-5-3-2-4-6-13/h2-7,9,12,20H,8,10-11H2,1H3,(H2,16,17,18,21)/t12-/m1/s1. The summed E-state index contributed by atoms with van der Waals surface area (Å²) in [4.78, 5) is 11.7. The number of benzene rings is 1. The van der Waals surface area contributed by atoms with Crippen molar-refractivity contribution < 1.29 is 9.90 Å². The lowest BCUT2D eigenvalue weighted by molar-refractivity contribution is 0.241. The number of anilines is 1. The normalized spacial score (nSPS) is 11.9. The first-order chi connectivity index (χ1) is 10.2. The molecule has 1 aromatic carbocycles. The third-order valence-corrected chi connectivity index (χ3v) is 3.01. The van der Waals surface area contributed by atoms with E-state index < -0.39 is 0 Å². The van der Waals surface area contributed by atoms with Gasteiger partial charge in [-0.1, -0.05) is 30.3 Å². The van der Waals surface area contributed by atoms with E-state index in [-0.39, 0.29) is 18.7 Å². The van der Waals surface area contributed by atoms with Gasteiger partial charge in [-0.2, -0.15) is 5.10 Å². The van der Waals surface area contributed by atoms with Crippen molar-refractivity contribution in [3.63, 3.8) is 0 Å². The van der Waals surface area contributed by atoms with E-state index in [4.69, 9.17) is 5.11 Å². The Morgan fingerprint density at radius 2 is 2.10 bits per heavy atom. The lowest BCUT2D eigenvalue weighted by atomic mass is 10.2. The quantitative estimate of drug-likeness (QED) is 0.758. The van der Waals surface area contributed by atoms with Crippen LogP contribution in [0, 0.1) is 0 Å². The SMILES string of the molecule is C[C@H](CCO)NC(=O)Nc1ccn(Cc2ccccc2)n1. The van der Waals surface area contributed by atoms with E-state index in [0.717, 1.165) is 5.56 Å². The third kappa shape index (κ3) is 4.92. The van der Waals surface area contributed by atoms with Crippen LogP contribution < -0.4 is 10.6 Å². The molecule has 1 aromatic heterocycles. The highest BCUT2D eigenvalue weighted by Crippen LogP contribution is 2.06. The number of urea groups is 1. The summed E-state index contributed by atoms with van der Waals surface area (Å²) in [5, 5.41) is 18.5. The fraction of sp³-hybridized carbons (Fsp3) is 0.333. The minimum atomic E-state index is -0.319. The summed E-state index contributed by atoms with van der Waals surface area (Å²) in [6.45, 7) is 2.54. The first-order valence-electron chi connectivity index (χ1n) is 6.93. The van der Waals surface area contributed by atoms with Crippen molar-refractivity contribution in [1.82, 2.24) is 15.1 Å². The second-order valence-electron chi connectivity index (χ2n) is 4.90. The van der Waals surface area contributed by atoms with Crippen LogP contribution in [0.25, 0.3) is 0 Å². The number of hydrogen-bond donors (Lipinski definition) is 3. The molecule has 0 fully saturated rings. The van der Waals surface area contributed by atoms with E-state index in [2.05, 4.69) is 15.7 Å². The van der Waals surface area contributed by atoms with Gasteiger partial charge in [0.1, 0.15) is 0 Å². The van der Waals surface area contributed by atoms with Crippen molar-refractivity contribution in [2.24, 2.45) is 0 Å². The number of nitrogens with zero attached hydrogens (tertiary/aromatic N) is 2. The summed E-state index contributed by atoms with van der Waals surface area (Å²) in [5.41, 5.74) is 1.15. The Morgan fingerprint density at radius 3 is 2.81 bits per heavy atom. The predicted octanol–water partition coefficient (Wildman–Crippen LogP) is 1.82. The van der Waals surface area contributed by atoms with E-state index >= 15 is 0 Å². The van der Waals surface area contributed by atoms with Gasteiger partial charge in [0.05, 0.1) is 6.54 Å². The lowest BCUT2D eigenvalue weighted by Crippen LogP contribution is -2.36. The molecular formula is C15H20N4O2. The fourth-order valence-electron chi connectivity index (χ4n) is 1.93. The molecule has 2 amide bonds. The van der Waals surface area contributed by atoms with Crippen molar-refractivity contribution in [1.29, 1.82) is 0 Å². The van der Waals surface area contributed by atoms with Gasteiger partial charge in [-0.15, -0.1) is 0 Å². The maximum Gasteiger partial charge on any atom is 0.320 e. The second-order valence-corrected chi connectivity index (χ2v) is 4.90. The first kappa shape index (κ1) is 15.1. The Morgan fingerprint density at radius 1 is 1.33 bits per heavy atom. The van der Waals surface area contributed by atoms with Crippen molar-refractivity contribution >= 4 is 11.8 Å². The zero-order chi connectivity index (χ0) is 15.1. The number of carbonyl (C=O) groups is 1. The Hall–Kier alpha value is -2.34. The minimum Gasteiger partial charge on any atom is -0.396 e. The first-order valence-corrected chi connectivity index (χ1v) is 6.93. The smallest absolute Gasteiger partial charge is 0.320 e. The number of hydrogen-bond acceptors (Lipinski definition) is 3. The van der Waals surface area contributed by atoms with Gasteiger partial charge >= 0.3 is 6.03 Å². The minimum absolute atomic E-state index is 0.0488. The molecule has 3 N–H and O–H groups in total. The average molecular weight is 288 g/mol. The summed E-state index contributed by atoms with van der Waals surface area (Å²) >= 11 is 0. The van der Waals surface area contributed by atoms with Gasteiger partial charge in [-0.3, -0.25) is 10.00 Å². The van der Waals surface area contributed by atoms with Crippen LogP contribution in [0.3, 0.4) is 0 Å². The topological polar surface area (TPSA) is 79.2 Å². The Labute approximate surface area is 123 Å². The fourth-order valence-corrected chi connectivity index (χ4v) is 1.93. The number of rotatable bonds is 6. The molecule has 0 aliphatic heterocycles. The molecule has 0 saturated heterocycles. The van der Waals surface area contributed by atoms with Crippen LogP contribution in [0.15, 0.2) is 42.6 Å². The Bertz CT molecular complexity index is 568. The van der Waals surface area contributed by atoms with Gasteiger partial charge in [0.15, 0.2) is 5.82 Å². The highest BCUT2D eigenvalue weighted by atomic mass is 16.3. The van der Waals surface area contributed by atoms with Crippen LogP contribution in [0.5, 0.6) is 0 Å². The number of aliphatic hydroxyl groups is 1. The van der Waals surface area contributed by atoms with Gasteiger partial charge in [-0.25, -0.2) is 4.79 Å². The van der Waals surface area contributed by atoms with Gasteiger partial charge in [0.2, 0.25) is 0 Å². The van der Waals surface area contributed by atoms with Crippen LogP contribution in [-0.2, 0) is 6.54 Å². The molecule has 1 atom stereocenters. The van der Waals surface area contributed by atoms with Crippen molar-refractivity contribution in [3.8, 4) is 0 Å².